The van der Waals surface area contributed by atoms with E-state index in [2.05, 4.69) is 224 Å². The summed E-state index contributed by atoms with van der Waals surface area (Å²) >= 11 is 0. The van der Waals surface area contributed by atoms with E-state index in [9.17, 15) is 0 Å². The standard InChI is InChI=1S/C43H35N2O.C24H26NOSi.Ir/c1-27(2)36-24-32(30-16-9-6-10-17-30)25-37(28(3)4)41(36)45-39-21-12-11-20-38(39)44-43(45)35-19-13-18-34-33-23-22-31(26-40(33)46-42(34)35)29-14-7-5-8-15-29;1-16(2)13-17-14-21(25-15-23(17)27(3,4)5)20-11-8-10-19-18-9-6-7-12-22(18)26-24(19)20;/h5-18,20-28H,1-4H3;6-10,12,14-16H,13H2,1-5H3;/q2*-1;. The number of hydrogen-bond acceptors (Lipinski definition) is 4. The van der Waals surface area contributed by atoms with Crippen LogP contribution < -0.4 is 5.19 Å². The number of aromatic nitrogens is 3. The van der Waals surface area contributed by atoms with Gasteiger partial charge in [-0.2, -0.15) is 0 Å². The number of pyridine rings is 1. The molecule has 0 aliphatic rings. The molecule has 0 atom stereocenters. The summed E-state index contributed by atoms with van der Waals surface area (Å²) in [7, 11) is -1.44. The van der Waals surface area contributed by atoms with Gasteiger partial charge in [0.2, 0.25) is 0 Å². The Hall–Kier alpha value is -7.15. The fraction of sp³-hybridized carbons (Fsp3) is 0.194. The van der Waals surface area contributed by atoms with Crippen molar-refractivity contribution in [2.24, 2.45) is 5.92 Å². The normalized spacial score (nSPS) is 11.9. The number of rotatable bonds is 10. The van der Waals surface area contributed by atoms with Crippen LogP contribution in [-0.4, -0.2) is 22.6 Å². The van der Waals surface area contributed by atoms with Crippen LogP contribution in [0.25, 0.3) is 105 Å². The zero-order valence-corrected chi connectivity index (χ0v) is 47.1. The van der Waals surface area contributed by atoms with Crippen molar-refractivity contribution in [1.29, 1.82) is 0 Å². The third kappa shape index (κ3) is 9.50. The molecule has 7 heteroatoms. The van der Waals surface area contributed by atoms with Crippen LogP contribution in [0.1, 0.15) is 70.1 Å². The van der Waals surface area contributed by atoms with Crippen molar-refractivity contribution in [1.82, 2.24) is 14.5 Å². The van der Waals surface area contributed by atoms with Gasteiger partial charge >= 0.3 is 0 Å². The number of furan rings is 2. The van der Waals surface area contributed by atoms with Crippen molar-refractivity contribution in [2.45, 2.75) is 79.4 Å². The molecule has 4 aromatic heterocycles. The smallest absolute Gasteiger partial charge is 0.121 e. The van der Waals surface area contributed by atoms with Crippen LogP contribution in [0.2, 0.25) is 19.6 Å². The first kappa shape index (κ1) is 50.4. The largest absolute Gasteiger partial charge is 0.501 e. The number of para-hydroxylation sites is 3. The van der Waals surface area contributed by atoms with Crippen LogP contribution in [0, 0.1) is 18.1 Å². The maximum absolute atomic E-state index is 6.73. The molecule has 0 fully saturated rings. The van der Waals surface area contributed by atoms with Gasteiger partial charge in [0, 0.05) is 42.8 Å². The number of benzene rings is 8. The van der Waals surface area contributed by atoms with Crippen LogP contribution in [0.5, 0.6) is 0 Å². The fourth-order valence-corrected chi connectivity index (χ4v) is 12.1. The Morgan fingerprint density at radius 3 is 1.76 bits per heavy atom. The van der Waals surface area contributed by atoms with E-state index in [0.717, 1.165) is 89.5 Å². The minimum atomic E-state index is -1.44. The quantitative estimate of drug-likeness (QED) is 0.101. The summed E-state index contributed by atoms with van der Waals surface area (Å²) in [6.45, 7) is 20.9. The van der Waals surface area contributed by atoms with E-state index < -0.39 is 8.07 Å². The van der Waals surface area contributed by atoms with Crippen LogP contribution in [0.4, 0.5) is 0 Å². The second kappa shape index (κ2) is 20.6. The molecule has 12 aromatic rings. The van der Waals surface area contributed by atoms with Gasteiger partial charge in [0.25, 0.3) is 0 Å². The molecule has 8 aromatic carbocycles. The summed E-state index contributed by atoms with van der Waals surface area (Å²) < 4.78 is 15.3. The Morgan fingerprint density at radius 2 is 1.11 bits per heavy atom. The van der Waals surface area contributed by atoms with Gasteiger partial charge in [0.1, 0.15) is 11.2 Å². The van der Waals surface area contributed by atoms with Crippen LogP contribution in [0.3, 0.4) is 0 Å². The first-order chi connectivity index (χ1) is 35.3. The van der Waals surface area contributed by atoms with Gasteiger partial charge in [-0.1, -0.05) is 198 Å². The predicted molar refractivity (Wildman–Crippen MR) is 309 cm³/mol. The SMILES string of the molecule is CC(C)Cc1cc(-c2[c-]ccc3c2oc2ccccc23)ncc1[Si](C)(C)C.CC(C)c1cc(-c2ccccc2)cc(C(C)C)c1-n1c(-c2[c-]ccc3c2oc2cc(-c4ccccc4)ccc23)nc2ccccc21.[Ir]. The monoisotopic (exact) mass is 1160 g/mol. The number of imidazole rings is 1. The number of nitrogens with zero attached hydrogens (tertiary/aromatic N) is 3. The molecule has 74 heavy (non-hydrogen) atoms. The molecule has 0 saturated carbocycles. The molecule has 1 radical (unpaired) electrons. The number of hydrogen-bond donors (Lipinski definition) is 0. The Labute approximate surface area is 449 Å². The minimum Gasteiger partial charge on any atom is -0.501 e. The van der Waals surface area contributed by atoms with E-state index in [1.54, 1.807) is 0 Å². The Morgan fingerprint density at radius 1 is 0.541 bits per heavy atom. The second-order valence-electron chi connectivity index (χ2n) is 21.5. The average molecular weight is 1160 g/mol. The summed E-state index contributed by atoms with van der Waals surface area (Å²) in [5, 5.41) is 5.88. The Balaban J connectivity index is 0.000000191. The van der Waals surface area contributed by atoms with Gasteiger partial charge < -0.3 is 18.4 Å². The maximum atomic E-state index is 6.73. The molecule has 0 saturated heterocycles. The average Bonchev–Trinajstić information content (AvgIpc) is 4.10. The summed E-state index contributed by atoms with van der Waals surface area (Å²) in [6.07, 6.45) is 3.18. The molecule has 371 valence electrons. The fourth-order valence-electron chi connectivity index (χ4n) is 10.6. The molecule has 0 spiro atoms. The molecule has 0 bridgehead atoms. The van der Waals surface area contributed by atoms with E-state index in [0.29, 0.717) is 5.92 Å². The van der Waals surface area contributed by atoms with Crippen molar-refractivity contribution in [3.05, 3.63) is 205 Å². The van der Waals surface area contributed by atoms with Crippen LogP contribution in [-0.2, 0) is 26.5 Å². The van der Waals surface area contributed by atoms with E-state index in [1.807, 2.05) is 30.3 Å². The van der Waals surface area contributed by atoms with E-state index in [1.165, 1.54) is 44.3 Å². The van der Waals surface area contributed by atoms with Crippen LogP contribution in [0.15, 0.2) is 185 Å². The molecule has 0 aliphatic carbocycles. The van der Waals surface area contributed by atoms with Crippen molar-refractivity contribution < 1.29 is 28.9 Å². The van der Waals surface area contributed by atoms with Crippen molar-refractivity contribution in [2.75, 3.05) is 0 Å². The van der Waals surface area contributed by atoms with E-state index >= 15 is 0 Å². The molecule has 0 aliphatic heterocycles. The van der Waals surface area contributed by atoms with Gasteiger partial charge in [0.05, 0.1) is 36.1 Å². The molecular formula is C67H61IrN3O2Si-2. The van der Waals surface area contributed by atoms with E-state index in [4.69, 9.17) is 18.8 Å². The first-order valence-electron chi connectivity index (χ1n) is 25.8. The van der Waals surface area contributed by atoms with Crippen molar-refractivity contribution >= 4 is 68.2 Å². The maximum Gasteiger partial charge on any atom is 0.121 e. The topological polar surface area (TPSA) is 57.0 Å². The van der Waals surface area contributed by atoms with Crippen molar-refractivity contribution in [3.8, 4) is 50.6 Å². The molecule has 0 unspecified atom stereocenters. The third-order valence-corrected chi connectivity index (χ3v) is 16.2. The van der Waals surface area contributed by atoms with E-state index in [-0.39, 0.29) is 31.9 Å². The third-order valence-electron chi connectivity index (χ3n) is 14.1. The summed E-state index contributed by atoms with van der Waals surface area (Å²) in [5.74, 6) is 2.02. The zero-order chi connectivity index (χ0) is 50.5. The molecule has 0 amide bonds. The molecule has 12 rings (SSSR count). The first-order valence-corrected chi connectivity index (χ1v) is 29.3. The van der Waals surface area contributed by atoms with Gasteiger partial charge in [-0.3, -0.25) is 4.98 Å². The zero-order valence-electron chi connectivity index (χ0n) is 43.7. The predicted octanol–water partition coefficient (Wildman–Crippen LogP) is 18.2. The molecular weight excluding hydrogens is 1100 g/mol. The second-order valence-corrected chi connectivity index (χ2v) is 26.5. The minimum absolute atomic E-state index is 0. The van der Waals surface area contributed by atoms with Crippen molar-refractivity contribution in [3.63, 3.8) is 0 Å². The summed E-state index contributed by atoms with van der Waals surface area (Å²) in [4.78, 5) is 10.1. The molecule has 0 N–H and O–H groups in total. The number of fused-ring (bicyclic) bond motifs is 7. The Bertz CT molecular complexity index is 3940. The van der Waals surface area contributed by atoms with Gasteiger partial charge in [0.15, 0.2) is 0 Å². The summed E-state index contributed by atoms with van der Waals surface area (Å²) in [5.41, 5.74) is 18.2. The van der Waals surface area contributed by atoms with Crippen LogP contribution >= 0.6 is 0 Å². The Kier molecular flexibility index (Phi) is 14.0. The summed E-state index contributed by atoms with van der Waals surface area (Å²) in [6, 6.07) is 66.4. The van der Waals surface area contributed by atoms with Gasteiger partial charge in [-0.15, -0.1) is 36.4 Å². The van der Waals surface area contributed by atoms with Gasteiger partial charge in [-0.25, -0.2) is 0 Å². The molecule has 4 heterocycles. The van der Waals surface area contributed by atoms with Gasteiger partial charge in [-0.05, 0) is 105 Å². The molecule has 5 nitrogen and oxygen atoms in total.